The number of rotatable bonds is 7. The lowest BCUT2D eigenvalue weighted by Crippen LogP contribution is -2.57. The molecule has 0 bridgehead atoms. The van der Waals surface area contributed by atoms with E-state index in [1.54, 1.807) is 36.4 Å². The Hall–Kier alpha value is -3.75. The molecule has 15 heteroatoms. The van der Waals surface area contributed by atoms with Gasteiger partial charge in [0.1, 0.15) is 6.04 Å². The molecule has 0 spiro atoms. The van der Waals surface area contributed by atoms with E-state index < -0.39 is 55.6 Å². The highest BCUT2D eigenvalue weighted by Crippen LogP contribution is 2.28. The molecule has 4 aliphatic rings. The molecule has 0 aromatic heterocycles. The number of hydrogen-bond acceptors (Lipinski definition) is 9. The molecule has 2 aromatic rings. The van der Waals surface area contributed by atoms with Gasteiger partial charge in [0.05, 0.1) is 25.2 Å². The molecule has 4 heterocycles. The van der Waals surface area contributed by atoms with Crippen LogP contribution >= 0.6 is 0 Å². The lowest BCUT2D eigenvalue weighted by Gasteiger charge is -2.38. The van der Waals surface area contributed by atoms with Crippen molar-refractivity contribution < 1.29 is 48.4 Å². The molecule has 5 N–H and O–H groups in total. The van der Waals surface area contributed by atoms with Gasteiger partial charge in [0.25, 0.3) is 11.8 Å². The molecule has 6 rings (SSSR count). The Morgan fingerprint density at radius 3 is 2.16 bits per heavy atom. The van der Waals surface area contributed by atoms with E-state index in [2.05, 4.69) is 10.6 Å². The van der Waals surface area contributed by atoms with Crippen molar-refractivity contribution in [1.29, 1.82) is 0 Å². The topological polar surface area (TPSA) is 184 Å². The summed E-state index contributed by atoms with van der Waals surface area (Å²) in [5.74, 6) is -2.49. The Morgan fingerprint density at radius 2 is 1.53 bits per heavy atom. The third kappa shape index (κ3) is 5.91. The minimum atomic E-state index is -1.16. The number of fused-ring (bicyclic) bond motifs is 2. The van der Waals surface area contributed by atoms with Crippen LogP contribution in [0, 0.1) is 0 Å². The van der Waals surface area contributed by atoms with Crippen LogP contribution in [0.2, 0.25) is 0 Å². The normalized spacial score (nSPS) is 22.2. The fourth-order valence-electron chi connectivity index (χ4n) is 6.29. The third-order valence-electron chi connectivity index (χ3n) is 8.65. The van der Waals surface area contributed by atoms with Crippen LogP contribution in [-0.2, 0) is 36.8 Å². The fraction of sp³-hybridized carbons (Fsp3) is 0.429. The number of likely N-dealkylation sites (tertiary alicyclic amines) is 1. The summed E-state index contributed by atoms with van der Waals surface area (Å²) in [5.41, 5.74) is 2.03. The van der Waals surface area contributed by atoms with Gasteiger partial charge in [0, 0.05) is 36.9 Å². The van der Waals surface area contributed by atoms with Crippen LogP contribution in [0.3, 0.4) is 0 Å². The first-order chi connectivity index (χ1) is 20.6. The molecule has 224 valence electrons. The van der Waals surface area contributed by atoms with Gasteiger partial charge in [-0.05, 0) is 65.6 Å². The van der Waals surface area contributed by atoms with Gasteiger partial charge in [0.2, 0.25) is 5.91 Å². The third-order valence-corrected chi connectivity index (χ3v) is 8.65. The predicted molar refractivity (Wildman–Crippen MR) is 152 cm³/mol. The van der Waals surface area contributed by atoms with Gasteiger partial charge in [-0.2, -0.15) is 0 Å². The van der Waals surface area contributed by atoms with Gasteiger partial charge in [-0.25, -0.2) is 0 Å². The summed E-state index contributed by atoms with van der Waals surface area (Å²) in [6.07, 6.45) is 0.417. The van der Waals surface area contributed by atoms with Crippen LogP contribution in [-0.4, -0.2) is 95.4 Å². The zero-order valence-electron chi connectivity index (χ0n) is 23.3. The molecule has 3 amide bonds. The highest BCUT2D eigenvalue weighted by Gasteiger charge is 2.45. The zero-order valence-corrected chi connectivity index (χ0v) is 23.3. The number of amides is 3. The summed E-state index contributed by atoms with van der Waals surface area (Å²) in [6, 6.07) is 8.12. The Balaban J connectivity index is 1.24. The number of ether oxygens (including phenoxy) is 1. The van der Waals surface area contributed by atoms with Crippen molar-refractivity contribution >= 4 is 48.9 Å². The minimum absolute atomic E-state index is 0.0184. The molecule has 2 fully saturated rings. The monoisotopic (exact) mass is 591 g/mol. The lowest BCUT2D eigenvalue weighted by atomic mass is 9.78. The zero-order chi connectivity index (χ0) is 30.3. The second-order valence-corrected chi connectivity index (χ2v) is 11.5. The van der Waals surface area contributed by atoms with Crippen LogP contribution in [0.5, 0.6) is 0 Å². The number of carbonyl (C=O) groups is 4. The summed E-state index contributed by atoms with van der Waals surface area (Å²) in [5, 5.41) is 35.6. The highest BCUT2D eigenvalue weighted by atomic mass is 16.5. The number of nitrogens with one attached hydrogen (secondary N) is 2. The van der Waals surface area contributed by atoms with Crippen molar-refractivity contribution in [2.24, 2.45) is 0 Å². The van der Waals surface area contributed by atoms with Crippen molar-refractivity contribution in [3.05, 3.63) is 58.7 Å². The van der Waals surface area contributed by atoms with E-state index in [9.17, 15) is 34.3 Å². The maximum atomic E-state index is 13.8. The molecule has 0 aliphatic carbocycles. The second-order valence-electron chi connectivity index (χ2n) is 11.5. The number of carboxylic acids is 1. The van der Waals surface area contributed by atoms with Crippen LogP contribution in [0.4, 0.5) is 0 Å². The molecule has 2 aromatic carbocycles. The van der Waals surface area contributed by atoms with Crippen molar-refractivity contribution in [3.8, 4) is 0 Å². The Bertz CT molecular complexity index is 1470. The molecule has 4 aliphatic heterocycles. The molecule has 2 atom stereocenters. The average Bonchev–Trinajstić information content (AvgIpc) is 3.69. The highest BCUT2D eigenvalue weighted by molar-refractivity contribution is 6.62. The summed E-state index contributed by atoms with van der Waals surface area (Å²) in [7, 11) is -2.27. The molecule has 2 saturated heterocycles. The van der Waals surface area contributed by atoms with Crippen molar-refractivity contribution in [1.82, 2.24) is 15.5 Å². The standard InChI is InChI=1S/C28H31B2N3O10/c34-24(35)12-28(5-7-41-8-6-28)32-26(37)23-11-20(31-25(36)16-1-3-18-14-42-29(39)21(18)9-16)13-33(23)27(38)17-2-4-19-15-43-30(40)22(19)10-17/h1-4,9-10,20,23,39-40H,5-8,11-15H2,(H,31,36)(H,32,37)(H,34,35)/t20?,23-/m0/s1. The van der Waals surface area contributed by atoms with Crippen LogP contribution in [0.1, 0.15) is 57.5 Å². The first-order valence-electron chi connectivity index (χ1n) is 14.2. The number of carboxylic acid groups (broad SMARTS) is 1. The molecule has 1 unspecified atom stereocenters. The van der Waals surface area contributed by atoms with Gasteiger partial charge in [-0.3, -0.25) is 19.2 Å². The van der Waals surface area contributed by atoms with E-state index in [0.29, 0.717) is 42.5 Å². The van der Waals surface area contributed by atoms with Crippen molar-refractivity contribution in [2.75, 3.05) is 19.8 Å². The minimum Gasteiger partial charge on any atom is -0.481 e. The first-order valence-corrected chi connectivity index (χ1v) is 14.2. The largest absolute Gasteiger partial charge is 0.491 e. The van der Waals surface area contributed by atoms with Gasteiger partial charge < -0.3 is 44.7 Å². The van der Waals surface area contributed by atoms with E-state index in [1.165, 1.54) is 4.90 Å². The number of hydrogen-bond donors (Lipinski definition) is 5. The van der Waals surface area contributed by atoms with Crippen LogP contribution < -0.4 is 21.6 Å². The lowest BCUT2D eigenvalue weighted by molar-refractivity contribution is -0.141. The van der Waals surface area contributed by atoms with Gasteiger partial charge >= 0.3 is 20.2 Å². The summed E-state index contributed by atoms with van der Waals surface area (Å²) in [6.45, 7) is 1.06. The Kier molecular flexibility index (Phi) is 8.00. The number of aliphatic carboxylic acids is 1. The predicted octanol–water partition coefficient (Wildman–Crippen LogP) is -1.72. The van der Waals surface area contributed by atoms with Gasteiger partial charge in [-0.15, -0.1) is 0 Å². The maximum Gasteiger partial charge on any atom is 0.491 e. The summed E-state index contributed by atoms with van der Waals surface area (Å²) < 4.78 is 15.9. The number of benzene rings is 2. The Labute approximate surface area is 247 Å². The summed E-state index contributed by atoms with van der Waals surface area (Å²) in [4.78, 5) is 53.9. The van der Waals surface area contributed by atoms with Crippen LogP contribution in [0.25, 0.3) is 0 Å². The Morgan fingerprint density at radius 1 is 0.930 bits per heavy atom. The van der Waals surface area contributed by atoms with Gasteiger partial charge in [0.15, 0.2) is 0 Å². The molecular formula is C28H31B2N3O10. The summed E-state index contributed by atoms with van der Waals surface area (Å²) >= 11 is 0. The van der Waals surface area contributed by atoms with Gasteiger partial charge in [-0.1, -0.05) is 12.1 Å². The van der Waals surface area contributed by atoms with Crippen molar-refractivity contribution in [3.63, 3.8) is 0 Å². The number of carbonyl (C=O) groups excluding carboxylic acids is 3. The molecule has 43 heavy (non-hydrogen) atoms. The van der Waals surface area contributed by atoms with E-state index in [-0.39, 0.29) is 38.2 Å². The smallest absolute Gasteiger partial charge is 0.481 e. The number of nitrogens with zero attached hydrogens (tertiary/aromatic N) is 1. The van der Waals surface area contributed by atoms with Crippen molar-refractivity contribution in [2.45, 2.75) is 56.5 Å². The molecular weight excluding hydrogens is 560 g/mol. The second kappa shape index (κ2) is 11.7. The van der Waals surface area contributed by atoms with E-state index in [0.717, 1.165) is 11.1 Å². The molecule has 0 saturated carbocycles. The van der Waals surface area contributed by atoms with E-state index in [1.807, 2.05) is 0 Å². The maximum absolute atomic E-state index is 13.8. The SMILES string of the molecule is O=C(O)CC1(NC(=O)[C@@H]2CC(NC(=O)c3ccc4c(c3)B(O)OC4)CN2C(=O)c2ccc3c(c2)B(O)OC3)CCOCC1. The van der Waals surface area contributed by atoms with E-state index in [4.69, 9.17) is 14.0 Å². The fourth-order valence-corrected chi connectivity index (χ4v) is 6.29. The molecule has 0 radical (unpaired) electrons. The average molecular weight is 591 g/mol. The quantitative estimate of drug-likeness (QED) is 0.232. The van der Waals surface area contributed by atoms with E-state index >= 15 is 0 Å². The first kappa shape index (κ1) is 29.3. The van der Waals surface area contributed by atoms with Crippen LogP contribution in [0.15, 0.2) is 36.4 Å². The molecule has 13 nitrogen and oxygen atoms in total.